The fourth-order valence-corrected chi connectivity index (χ4v) is 2.73. The van der Waals surface area contributed by atoms with E-state index in [0.717, 1.165) is 13.1 Å². The second kappa shape index (κ2) is 7.07. The number of methoxy groups -OCH3 is 1. The molecule has 0 unspecified atom stereocenters. The second-order valence-electron chi connectivity index (χ2n) is 6.16. The van der Waals surface area contributed by atoms with E-state index in [0.29, 0.717) is 25.4 Å². The molecule has 2 rings (SSSR count). The van der Waals surface area contributed by atoms with E-state index < -0.39 is 0 Å². The van der Waals surface area contributed by atoms with E-state index in [9.17, 15) is 9.18 Å². The molecule has 5 nitrogen and oxygen atoms in total. The van der Waals surface area contributed by atoms with Crippen molar-refractivity contribution in [2.24, 2.45) is 0 Å². The summed E-state index contributed by atoms with van der Waals surface area (Å²) in [5.74, 6) is -0.357. The van der Waals surface area contributed by atoms with Crippen molar-refractivity contribution >= 4 is 11.7 Å². The zero-order chi connectivity index (χ0) is 16.2. The number of amides is 2. The molecule has 2 amide bonds. The van der Waals surface area contributed by atoms with Crippen LogP contribution in [-0.4, -0.2) is 61.3 Å². The second-order valence-corrected chi connectivity index (χ2v) is 6.16. The van der Waals surface area contributed by atoms with Crippen molar-refractivity contribution in [3.63, 3.8) is 0 Å². The molecular formula is C16H24FN3O2. The minimum atomic E-state index is -0.357. The molecule has 1 aliphatic rings. The minimum Gasteiger partial charge on any atom is -0.383 e. The van der Waals surface area contributed by atoms with E-state index in [1.54, 1.807) is 24.1 Å². The summed E-state index contributed by atoms with van der Waals surface area (Å²) in [7, 11) is 1.70. The molecule has 0 aromatic heterocycles. The van der Waals surface area contributed by atoms with Crippen molar-refractivity contribution in [2.45, 2.75) is 19.4 Å². The first-order valence-corrected chi connectivity index (χ1v) is 7.48. The molecule has 1 saturated heterocycles. The van der Waals surface area contributed by atoms with Crippen molar-refractivity contribution in [3.8, 4) is 0 Å². The predicted molar refractivity (Wildman–Crippen MR) is 84.5 cm³/mol. The van der Waals surface area contributed by atoms with E-state index >= 15 is 0 Å². The van der Waals surface area contributed by atoms with Gasteiger partial charge >= 0.3 is 6.03 Å². The smallest absolute Gasteiger partial charge is 0.321 e. The van der Waals surface area contributed by atoms with Gasteiger partial charge in [0.2, 0.25) is 0 Å². The molecule has 1 aliphatic heterocycles. The molecule has 22 heavy (non-hydrogen) atoms. The Hall–Kier alpha value is -1.66. The maximum Gasteiger partial charge on any atom is 0.321 e. The third kappa shape index (κ3) is 4.18. The number of carbonyl (C=O) groups excluding carboxylic acids is 1. The number of ether oxygens (including phenoxy) is 1. The van der Waals surface area contributed by atoms with Gasteiger partial charge in [-0.2, -0.15) is 0 Å². The molecule has 1 N–H and O–H groups in total. The van der Waals surface area contributed by atoms with Crippen LogP contribution in [0.2, 0.25) is 0 Å². The summed E-state index contributed by atoms with van der Waals surface area (Å²) in [6.07, 6.45) is 0. The molecule has 0 atom stereocenters. The number of carbonyl (C=O) groups is 1. The highest BCUT2D eigenvalue weighted by atomic mass is 19.1. The number of benzene rings is 1. The molecule has 6 heteroatoms. The van der Waals surface area contributed by atoms with Crippen LogP contribution in [0.4, 0.5) is 14.9 Å². The Labute approximate surface area is 131 Å². The summed E-state index contributed by atoms with van der Waals surface area (Å²) in [6.45, 7) is 7.82. The van der Waals surface area contributed by atoms with Gasteiger partial charge in [-0.25, -0.2) is 9.18 Å². The Balaban J connectivity index is 1.87. The standard InChI is InChI=1S/C16H24FN3O2/c1-16(2,12-22-3)20-9-7-19(8-10-20)15(21)18-14-6-4-5-13(17)11-14/h4-6,11H,7-10,12H2,1-3H3,(H,18,21). The molecule has 0 radical (unpaired) electrons. The monoisotopic (exact) mass is 309 g/mol. The van der Waals surface area contributed by atoms with Gasteiger partial charge in [-0.1, -0.05) is 6.07 Å². The highest BCUT2D eigenvalue weighted by Crippen LogP contribution is 2.18. The summed E-state index contributed by atoms with van der Waals surface area (Å²) >= 11 is 0. The summed E-state index contributed by atoms with van der Waals surface area (Å²) in [6, 6.07) is 5.74. The number of nitrogens with one attached hydrogen (secondary N) is 1. The van der Waals surface area contributed by atoms with Crippen LogP contribution in [-0.2, 0) is 4.74 Å². The van der Waals surface area contributed by atoms with Crippen molar-refractivity contribution in [2.75, 3.05) is 45.2 Å². The topological polar surface area (TPSA) is 44.8 Å². The van der Waals surface area contributed by atoms with Gasteiger partial charge in [0.05, 0.1) is 6.61 Å². The number of urea groups is 1. The van der Waals surface area contributed by atoms with E-state index in [2.05, 4.69) is 24.1 Å². The molecule has 0 aliphatic carbocycles. The Morgan fingerprint density at radius 3 is 2.59 bits per heavy atom. The lowest BCUT2D eigenvalue weighted by Crippen LogP contribution is -2.57. The fourth-order valence-electron chi connectivity index (χ4n) is 2.73. The zero-order valence-corrected chi connectivity index (χ0v) is 13.4. The fraction of sp³-hybridized carbons (Fsp3) is 0.562. The number of rotatable bonds is 4. The van der Waals surface area contributed by atoms with Crippen molar-refractivity contribution in [3.05, 3.63) is 30.1 Å². The maximum absolute atomic E-state index is 13.1. The predicted octanol–water partition coefficient (Wildman–Crippen LogP) is 2.40. The van der Waals surface area contributed by atoms with Gasteiger partial charge in [-0.15, -0.1) is 0 Å². The van der Waals surface area contributed by atoms with Crippen LogP contribution in [0.25, 0.3) is 0 Å². The molecule has 1 fully saturated rings. The maximum atomic E-state index is 13.1. The molecule has 1 aromatic carbocycles. The zero-order valence-electron chi connectivity index (χ0n) is 13.4. The molecule has 0 saturated carbocycles. The number of nitrogens with zero attached hydrogens (tertiary/aromatic N) is 2. The first kappa shape index (κ1) is 16.7. The Kier molecular flexibility index (Phi) is 5.37. The van der Waals surface area contributed by atoms with Crippen molar-refractivity contribution < 1.29 is 13.9 Å². The number of piperazine rings is 1. The van der Waals surface area contributed by atoms with Gasteiger partial charge in [-0.05, 0) is 32.0 Å². The molecule has 1 aromatic rings. The van der Waals surface area contributed by atoms with Gasteiger partial charge in [0.15, 0.2) is 0 Å². The number of hydrogen-bond donors (Lipinski definition) is 1. The summed E-state index contributed by atoms with van der Waals surface area (Å²) in [5, 5.41) is 2.73. The first-order valence-electron chi connectivity index (χ1n) is 7.48. The minimum absolute atomic E-state index is 0.0418. The lowest BCUT2D eigenvalue weighted by Gasteiger charge is -2.43. The highest BCUT2D eigenvalue weighted by Gasteiger charge is 2.31. The Bertz CT molecular complexity index is 514. The highest BCUT2D eigenvalue weighted by molar-refractivity contribution is 5.89. The Morgan fingerprint density at radius 2 is 2.00 bits per heavy atom. The van der Waals surface area contributed by atoms with Crippen LogP contribution in [0, 0.1) is 5.82 Å². The number of halogens is 1. The Morgan fingerprint density at radius 1 is 1.32 bits per heavy atom. The van der Waals surface area contributed by atoms with E-state index in [1.807, 2.05) is 0 Å². The van der Waals surface area contributed by atoms with E-state index in [4.69, 9.17) is 4.74 Å². The molecule has 122 valence electrons. The average Bonchev–Trinajstić information content (AvgIpc) is 2.47. The van der Waals surface area contributed by atoms with Crippen LogP contribution in [0.3, 0.4) is 0 Å². The third-order valence-corrected chi connectivity index (χ3v) is 4.00. The van der Waals surface area contributed by atoms with Crippen LogP contribution < -0.4 is 5.32 Å². The lowest BCUT2D eigenvalue weighted by molar-refractivity contribution is 0.0103. The SMILES string of the molecule is COCC(C)(C)N1CCN(C(=O)Nc2cccc(F)c2)CC1. The van der Waals surface area contributed by atoms with Crippen molar-refractivity contribution in [1.29, 1.82) is 0 Å². The molecular weight excluding hydrogens is 285 g/mol. The molecule has 1 heterocycles. The van der Waals surface area contributed by atoms with E-state index in [1.165, 1.54) is 12.1 Å². The summed E-state index contributed by atoms with van der Waals surface area (Å²) in [4.78, 5) is 16.3. The largest absolute Gasteiger partial charge is 0.383 e. The number of anilines is 1. The van der Waals surface area contributed by atoms with Gasteiger partial charge in [0.1, 0.15) is 5.82 Å². The lowest BCUT2D eigenvalue weighted by atomic mass is 10.0. The van der Waals surface area contributed by atoms with Crippen LogP contribution >= 0.6 is 0 Å². The third-order valence-electron chi connectivity index (χ3n) is 4.00. The van der Waals surface area contributed by atoms with E-state index in [-0.39, 0.29) is 17.4 Å². The van der Waals surface area contributed by atoms with Crippen LogP contribution in [0.1, 0.15) is 13.8 Å². The van der Waals surface area contributed by atoms with Gasteiger partial charge in [0.25, 0.3) is 0 Å². The summed E-state index contributed by atoms with van der Waals surface area (Å²) in [5.41, 5.74) is 0.437. The van der Waals surface area contributed by atoms with Gasteiger partial charge in [-0.3, -0.25) is 4.90 Å². The quantitative estimate of drug-likeness (QED) is 0.929. The van der Waals surface area contributed by atoms with Gasteiger partial charge < -0.3 is 15.0 Å². The average molecular weight is 309 g/mol. The molecule has 0 spiro atoms. The van der Waals surface area contributed by atoms with Gasteiger partial charge in [0, 0.05) is 44.5 Å². The number of hydrogen-bond acceptors (Lipinski definition) is 3. The molecule has 0 bridgehead atoms. The summed E-state index contributed by atoms with van der Waals surface area (Å²) < 4.78 is 18.4. The van der Waals surface area contributed by atoms with Crippen molar-refractivity contribution in [1.82, 2.24) is 9.80 Å². The normalized spacial score (nSPS) is 16.6. The van der Waals surface area contributed by atoms with Crippen LogP contribution in [0.15, 0.2) is 24.3 Å². The van der Waals surface area contributed by atoms with Crippen LogP contribution in [0.5, 0.6) is 0 Å². The first-order chi connectivity index (χ1) is 10.4.